The summed E-state index contributed by atoms with van der Waals surface area (Å²) in [5.74, 6) is -0.759. The highest BCUT2D eigenvalue weighted by atomic mass is 19.1. The molecule has 0 unspecified atom stereocenters. The highest BCUT2D eigenvalue weighted by Gasteiger charge is 2.13. The average molecular weight is 356 g/mol. The summed E-state index contributed by atoms with van der Waals surface area (Å²) in [5.41, 5.74) is 2.32. The molecule has 0 aromatic heterocycles. The summed E-state index contributed by atoms with van der Waals surface area (Å²) in [4.78, 5) is 26.4. The van der Waals surface area contributed by atoms with Gasteiger partial charge in [-0.15, -0.1) is 0 Å². The minimum absolute atomic E-state index is 0.0586. The first-order chi connectivity index (χ1) is 12.6. The lowest BCUT2D eigenvalue weighted by molar-refractivity contribution is -0.120. The van der Waals surface area contributed by atoms with Gasteiger partial charge in [-0.2, -0.15) is 0 Å². The quantitative estimate of drug-likeness (QED) is 0.807. The van der Waals surface area contributed by atoms with E-state index in [4.69, 9.17) is 4.74 Å². The van der Waals surface area contributed by atoms with Gasteiger partial charge in [-0.05, 0) is 42.0 Å². The van der Waals surface area contributed by atoms with Gasteiger partial charge < -0.3 is 15.0 Å². The molecular formula is C20H21FN2O3. The van der Waals surface area contributed by atoms with Crippen LogP contribution in [-0.4, -0.2) is 44.5 Å². The Labute approximate surface area is 151 Å². The molecule has 1 aliphatic heterocycles. The van der Waals surface area contributed by atoms with E-state index in [-0.39, 0.29) is 30.5 Å². The maximum Gasteiger partial charge on any atom is 0.224 e. The van der Waals surface area contributed by atoms with Gasteiger partial charge in [0.25, 0.3) is 0 Å². The minimum atomic E-state index is -0.343. The van der Waals surface area contributed by atoms with Crippen molar-refractivity contribution in [2.45, 2.75) is 6.42 Å². The first kappa shape index (κ1) is 18.1. The van der Waals surface area contributed by atoms with Crippen LogP contribution in [0.3, 0.4) is 0 Å². The summed E-state index contributed by atoms with van der Waals surface area (Å²) in [7, 11) is 0. The molecule has 0 saturated carbocycles. The Kier molecular flexibility index (Phi) is 5.96. The van der Waals surface area contributed by atoms with Gasteiger partial charge in [0.1, 0.15) is 5.82 Å². The number of rotatable bonds is 6. The Morgan fingerprint density at radius 3 is 2.31 bits per heavy atom. The molecule has 6 heteroatoms. The monoisotopic (exact) mass is 356 g/mol. The van der Waals surface area contributed by atoms with Gasteiger partial charge in [-0.1, -0.05) is 12.1 Å². The van der Waals surface area contributed by atoms with Gasteiger partial charge >= 0.3 is 0 Å². The zero-order valence-electron chi connectivity index (χ0n) is 14.4. The van der Waals surface area contributed by atoms with E-state index in [1.165, 1.54) is 12.1 Å². The third-order valence-corrected chi connectivity index (χ3v) is 4.29. The predicted octanol–water partition coefficient (Wildman–Crippen LogP) is 2.20. The van der Waals surface area contributed by atoms with Crippen molar-refractivity contribution in [3.05, 3.63) is 65.5 Å². The molecule has 0 aliphatic carbocycles. The molecule has 1 saturated heterocycles. The lowest BCUT2D eigenvalue weighted by Gasteiger charge is -2.28. The summed E-state index contributed by atoms with van der Waals surface area (Å²) in [5, 5.41) is 2.61. The van der Waals surface area contributed by atoms with Crippen LogP contribution in [0.15, 0.2) is 48.5 Å². The van der Waals surface area contributed by atoms with Crippen molar-refractivity contribution >= 4 is 17.4 Å². The second-order valence-corrected chi connectivity index (χ2v) is 6.15. The number of morpholine rings is 1. The Morgan fingerprint density at radius 1 is 1.00 bits per heavy atom. The number of hydrogen-bond donors (Lipinski definition) is 1. The van der Waals surface area contributed by atoms with E-state index in [1.807, 2.05) is 12.1 Å². The van der Waals surface area contributed by atoms with Crippen LogP contribution in [0.4, 0.5) is 10.1 Å². The van der Waals surface area contributed by atoms with Gasteiger partial charge in [0, 0.05) is 24.3 Å². The van der Waals surface area contributed by atoms with E-state index in [0.29, 0.717) is 24.3 Å². The molecule has 0 spiro atoms. The maximum atomic E-state index is 12.9. The molecule has 1 N–H and O–H groups in total. The molecule has 1 heterocycles. The van der Waals surface area contributed by atoms with Crippen molar-refractivity contribution in [3.63, 3.8) is 0 Å². The van der Waals surface area contributed by atoms with Gasteiger partial charge in [-0.25, -0.2) is 4.39 Å². The summed E-state index contributed by atoms with van der Waals surface area (Å²) < 4.78 is 18.2. The second kappa shape index (κ2) is 8.58. The molecule has 5 nitrogen and oxygen atoms in total. The van der Waals surface area contributed by atoms with Gasteiger partial charge in [0.15, 0.2) is 5.78 Å². The fourth-order valence-corrected chi connectivity index (χ4v) is 2.81. The summed E-state index contributed by atoms with van der Waals surface area (Å²) in [6.07, 6.45) is 0.115. The largest absolute Gasteiger partial charge is 0.378 e. The van der Waals surface area contributed by atoms with E-state index in [1.54, 1.807) is 24.3 Å². The first-order valence-corrected chi connectivity index (χ1v) is 8.59. The Morgan fingerprint density at radius 2 is 1.65 bits per heavy atom. The van der Waals surface area contributed by atoms with E-state index in [2.05, 4.69) is 10.2 Å². The van der Waals surface area contributed by atoms with E-state index < -0.39 is 0 Å². The van der Waals surface area contributed by atoms with E-state index >= 15 is 0 Å². The van der Waals surface area contributed by atoms with Crippen LogP contribution in [0, 0.1) is 5.82 Å². The van der Waals surface area contributed by atoms with Gasteiger partial charge in [0.2, 0.25) is 5.91 Å². The lowest BCUT2D eigenvalue weighted by Crippen LogP contribution is -2.36. The predicted molar refractivity (Wildman–Crippen MR) is 96.9 cm³/mol. The summed E-state index contributed by atoms with van der Waals surface area (Å²) >= 11 is 0. The Bertz CT molecular complexity index is 754. The molecule has 26 heavy (non-hydrogen) atoms. The number of ketones is 1. The van der Waals surface area contributed by atoms with E-state index in [0.717, 1.165) is 18.8 Å². The molecular weight excluding hydrogens is 335 g/mol. The van der Waals surface area contributed by atoms with Crippen molar-refractivity contribution in [3.8, 4) is 0 Å². The number of nitrogens with one attached hydrogen (secondary N) is 1. The zero-order valence-corrected chi connectivity index (χ0v) is 14.4. The van der Waals surface area contributed by atoms with Crippen molar-refractivity contribution in [1.29, 1.82) is 0 Å². The Balaban J connectivity index is 1.49. The SMILES string of the molecule is O=C(Cc1ccc(F)cc1)NCC(=O)c1ccc(N2CCOCC2)cc1. The number of benzene rings is 2. The number of ether oxygens (including phenoxy) is 1. The average Bonchev–Trinajstić information content (AvgIpc) is 2.69. The molecule has 2 aromatic rings. The fraction of sp³-hybridized carbons (Fsp3) is 0.300. The van der Waals surface area contributed by atoms with Crippen LogP contribution in [0.25, 0.3) is 0 Å². The van der Waals surface area contributed by atoms with Crippen molar-refractivity contribution in [1.82, 2.24) is 5.32 Å². The Hall–Kier alpha value is -2.73. The van der Waals surface area contributed by atoms with Crippen LogP contribution in [0.1, 0.15) is 15.9 Å². The third kappa shape index (κ3) is 4.89. The van der Waals surface area contributed by atoms with Crippen LogP contribution >= 0.6 is 0 Å². The van der Waals surface area contributed by atoms with Crippen LogP contribution in [0.5, 0.6) is 0 Å². The molecule has 0 atom stereocenters. The molecule has 136 valence electrons. The molecule has 0 bridgehead atoms. The maximum absolute atomic E-state index is 12.9. The minimum Gasteiger partial charge on any atom is -0.378 e. The molecule has 1 aliphatic rings. The summed E-state index contributed by atoms with van der Waals surface area (Å²) in [6.45, 7) is 3.04. The van der Waals surface area contributed by atoms with Crippen molar-refractivity contribution < 1.29 is 18.7 Å². The zero-order chi connectivity index (χ0) is 18.4. The standard InChI is InChI=1S/C20H21FN2O3/c21-17-5-1-15(2-6-17)13-20(25)22-14-19(24)16-3-7-18(8-4-16)23-9-11-26-12-10-23/h1-8H,9-14H2,(H,22,25). The number of hydrogen-bond acceptors (Lipinski definition) is 4. The third-order valence-electron chi connectivity index (χ3n) is 4.29. The number of halogens is 1. The first-order valence-electron chi connectivity index (χ1n) is 8.59. The number of anilines is 1. The smallest absolute Gasteiger partial charge is 0.224 e. The highest BCUT2D eigenvalue weighted by molar-refractivity contribution is 5.99. The molecule has 0 radical (unpaired) electrons. The second-order valence-electron chi connectivity index (χ2n) is 6.15. The summed E-state index contributed by atoms with van der Waals surface area (Å²) in [6, 6.07) is 13.1. The fourth-order valence-electron chi connectivity index (χ4n) is 2.81. The molecule has 3 rings (SSSR count). The topological polar surface area (TPSA) is 58.6 Å². The number of amides is 1. The van der Waals surface area contributed by atoms with Gasteiger partial charge in [-0.3, -0.25) is 9.59 Å². The van der Waals surface area contributed by atoms with Crippen molar-refractivity contribution in [2.24, 2.45) is 0 Å². The van der Waals surface area contributed by atoms with Crippen LogP contribution in [-0.2, 0) is 16.0 Å². The molecule has 2 aromatic carbocycles. The van der Waals surface area contributed by atoms with E-state index in [9.17, 15) is 14.0 Å². The van der Waals surface area contributed by atoms with Crippen LogP contribution in [0.2, 0.25) is 0 Å². The number of nitrogens with zero attached hydrogens (tertiary/aromatic N) is 1. The highest BCUT2D eigenvalue weighted by Crippen LogP contribution is 2.16. The van der Waals surface area contributed by atoms with Crippen molar-refractivity contribution in [2.75, 3.05) is 37.7 Å². The number of carbonyl (C=O) groups is 2. The van der Waals surface area contributed by atoms with Gasteiger partial charge in [0.05, 0.1) is 26.2 Å². The molecule has 1 fully saturated rings. The normalized spacial score (nSPS) is 14.1. The van der Waals surface area contributed by atoms with Crippen LogP contribution < -0.4 is 10.2 Å². The lowest BCUT2D eigenvalue weighted by atomic mass is 10.1. The number of Topliss-reactive ketones (excluding diaryl/α,β-unsaturated/α-hetero) is 1. The molecule has 1 amide bonds. The number of carbonyl (C=O) groups excluding carboxylic acids is 2.